The van der Waals surface area contributed by atoms with Crippen molar-refractivity contribution in [3.05, 3.63) is 21.1 Å². The zero-order valence-corrected chi connectivity index (χ0v) is 8.59. The molecule has 0 aromatic heterocycles. The molecule has 2 atom stereocenters. The van der Waals surface area contributed by atoms with Crippen molar-refractivity contribution in [1.82, 2.24) is 0 Å². The second-order valence-corrected chi connectivity index (χ2v) is 4.54. The highest BCUT2D eigenvalue weighted by Gasteiger charge is 2.37. The molecule has 0 unspecified atom stereocenters. The molecule has 6 heteroatoms. The monoisotopic (exact) mass is 251 g/mol. The van der Waals surface area contributed by atoms with Gasteiger partial charge in [-0.1, -0.05) is 15.9 Å². The van der Waals surface area contributed by atoms with Crippen molar-refractivity contribution in [2.75, 3.05) is 0 Å². The van der Waals surface area contributed by atoms with Crippen LogP contribution in [0.15, 0.2) is 11.0 Å². The van der Waals surface area contributed by atoms with E-state index in [9.17, 15) is 14.9 Å². The van der Waals surface area contributed by atoms with Crippen LogP contribution in [0.25, 0.3) is 0 Å². The third kappa shape index (κ3) is 1.87. The second-order valence-electron chi connectivity index (χ2n) is 2.33. The fourth-order valence-electron chi connectivity index (χ4n) is 0.821. The van der Waals surface area contributed by atoms with Crippen LogP contribution < -0.4 is 0 Å². The number of hydrogen-bond acceptors (Lipinski definition) is 4. The first-order valence-electron chi connectivity index (χ1n) is 3.19. The van der Waals surface area contributed by atoms with E-state index in [2.05, 4.69) is 15.9 Å². The molecule has 1 aliphatic rings. The van der Waals surface area contributed by atoms with Crippen molar-refractivity contribution < 1.29 is 9.72 Å². The number of Topliss-reactive ketones (excluding diaryl/α,β-unsaturated/α-hetero) is 1. The molecule has 0 N–H and O–H groups in total. The van der Waals surface area contributed by atoms with Crippen LogP contribution in [0, 0.1) is 10.1 Å². The normalized spacial score (nSPS) is 28.3. The van der Waals surface area contributed by atoms with Crippen molar-refractivity contribution in [3.8, 4) is 0 Å². The van der Waals surface area contributed by atoms with Crippen LogP contribution in [0.4, 0.5) is 0 Å². The Bertz CT molecular complexity index is 266. The van der Waals surface area contributed by atoms with Gasteiger partial charge in [-0.3, -0.25) is 14.9 Å². The summed E-state index contributed by atoms with van der Waals surface area (Å²) in [5.74, 6) is -0.117. The molecule has 0 saturated carbocycles. The van der Waals surface area contributed by atoms with Gasteiger partial charge >= 0.3 is 0 Å². The Hall–Kier alpha value is -0.360. The first kappa shape index (κ1) is 9.73. The Morgan fingerprint density at radius 1 is 1.83 bits per heavy atom. The molecule has 0 fully saturated rings. The molecule has 0 amide bonds. The van der Waals surface area contributed by atoms with E-state index in [0.717, 1.165) is 11.8 Å². The van der Waals surface area contributed by atoms with E-state index in [0.29, 0.717) is 4.91 Å². The van der Waals surface area contributed by atoms with Crippen LogP contribution >= 0.6 is 27.7 Å². The van der Waals surface area contributed by atoms with E-state index in [1.165, 1.54) is 6.92 Å². The van der Waals surface area contributed by atoms with Crippen LogP contribution in [0.1, 0.15) is 6.92 Å². The third-order valence-electron chi connectivity index (χ3n) is 1.39. The van der Waals surface area contributed by atoms with Gasteiger partial charge in [-0.25, -0.2) is 0 Å². The topological polar surface area (TPSA) is 60.2 Å². The molecular weight excluding hydrogens is 246 g/mol. The molecule has 0 spiro atoms. The summed E-state index contributed by atoms with van der Waals surface area (Å²) in [6, 6.07) is 0. The van der Waals surface area contributed by atoms with Gasteiger partial charge in [-0.2, -0.15) is 0 Å². The summed E-state index contributed by atoms with van der Waals surface area (Å²) in [5.41, 5.74) is 0. The molecule has 0 bridgehead atoms. The first-order valence-corrected chi connectivity index (χ1v) is 4.99. The smallest absolute Gasteiger partial charge is 0.278 e. The van der Waals surface area contributed by atoms with Gasteiger partial charge in [-0.15, -0.1) is 0 Å². The van der Waals surface area contributed by atoms with Gasteiger partial charge in [0.15, 0.2) is 5.78 Å². The Kier molecular flexibility index (Phi) is 2.89. The average Bonchev–Trinajstić information content (AvgIpc) is 2.30. The maximum absolute atomic E-state index is 10.8. The number of allylic oxidation sites excluding steroid dienone is 1. The predicted octanol–water partition coefficient (Wildman–Crippen LogP) is 1.57. The molecule has 0 saturated heterocycles. The molecule has 1 aliphatic heterocycles. The number of ketones is 1. The fraction of sp³-hybridized carbons (Fsp3) is 0.500. The highest BCUT2D eigenvalue weighted by Crippen LogP contribution is 2.36. The lowest BCUT2D eigenvalue weighted by Gasteiger charge is -2.02. The van der Waals surface area contributed by atoms with E-state index in [4.69, 9.17) is 0 Å². The predicted molar refractivity (Wildman–Crippen MR) is 49.9 cm³/mol. The van der Waals surface area contributed by atoms with E-state index in [-0.39, 0.29) is 10.6 Å². The molecule has 0 aromatic rings. The molecule has 0 aromatic carbocycles. The number of hydrogen-bond donors (Lipinski definition) is 0. The highest BCUT2D eigenvalue weighted by atomic mass is 79.9. The molecule has 4 nitrogen and oxygen atoms in total. The van der Waals surface area contributed by atoms with Crippen molar-refractivity contribution >= 4 is 33.5 Å². The Morgan fingerprint density at radius 3 is 2.67 bits per heavy atom. The Morgan fingerprint density at radius 2 is 2.42 bits per heavy atom. The van der Waals surface area contributed by atoms with Gasteiger partial charge in [0.1, 0.15) is 4.83 Å². The molecule has 12 heavy (non-hydrogen) atoms. The lowest BCUT2D eigenvalue weighted by molar-refractivity contribution is -0.492. The molecule has 1 heterocycles. The van der Waals surface area contributed by atoms with Crippen LogP contribution in [0.2, 0.25) is 0 Å². The number of rotatable bonds is 2. The maximum Gasteiger partial charge on any atom is 0.278 e. The summed E-state index contributed by atoms with van der Waals surface area (Å²) in [5, 5.41) is 9.63. The van der Waals surface area contributed by atoms with Gasteiger partial charge < -0.3 is 0 Å². The number of alkyl halides is 1. The van der Waals surface area contributed by atoms with E-state index < -0.39 is 10.3 Å². The van der Waals surface area contributed by atoms with Crippen LogP contribution in [-0.4, -0.2) is 20.9 Å². The minimum atomic E-state index is -0.760. The number of nitro groups is 1. The summed E-state index contributed by atoms with van der Waals surface area (Å²) in [6.45, 7) is 1.40. The minimum absolute atomic E-state index is 0.117. The van der Waals surface area contributed by atoms with Gasteiger partial charge in [0, 0.05) is 4.92 Å². The van der Waals surface area contributed by atoms with Gasteiger partial charge in [0.25, 0.3) is 5.37 Å². The SMILES string of the molecule is CC(=O)C1=C[C@@H](Br)[C@@H]([N+](=O)[O-])S1. The number of carbonyl (C=O) groups is 1. The molecule has 1 rings (SSSR count). The standard InChI is InChI=1S/C6H6BrNO3S/c1-3(9)5-2-4(7)6(12-5)8(10)11/h2,4,6H,1H3/t4-,6+/m1/s1. The number of carbonyl (C=O) groups excluding carboxylic acids is 1. The molecular formula is C6H6BrNO3S. The molecule has 0 aliphatic carbocycles. The van der Waals surface area contributed by atoms with Gasteiger partial charge in [-0.05, 0) is 24.8 Å². The quantitative estimate of drug-likeness (QED) is 0.425. The number of thioether (sulfide) groups is 1. The summed E-state index contributed by atoms with van der Waals surface area (Å²) in [4.78, 5) is 21.0. The summed E-state index contributed by atoms with van der Waals surface area (Å²) in [7, 11) is 0. The lowest BCUT2D eigenvalue weighted by Crippen LogP contribution is -2.20. The molecule has 0 radical (unpaired) electrons. The second kappa shape index (κ2) is 3.57. The summed E-state index contributed by atoms with van der Waals surface area (Å²) >= 11 is 4.12. The third-order valence-corrected chi connectivity index (χ3v) is 3.88. The fourth-order valence-corrected chi connectivity index (χ4v) is 2.72. The number of nitrogens with zero attached hydrogens (tertiary/aromatic N) is 1. The van der Waals surface area contributed by atoms with Gasteiger partial charge in [0.2, 0.25) is 0 Å². The van der Waals surface area contributed by atoms with Crippen LogP contribution in [0.3, 0.4) is 0 Å². The largest absolute Gasteiger partial charge is 0.294 e. The first-order chi connectivity index (χ1) is 5.52. The van der Waals surface area contributed by atoms with Crippen LogP contribution in [-0.2, 0) is 4.79 Å². The summed E-state index contributed by atoms with van der Waals surface area (Å²) < 4.78 is 0. The Labute approximate surface area is 81.7 Å². The van der Waals surface area contributed by atoms with Crippen LogP contribution in [0.5, 0.6) is 0 Å². The minimum Gasteiger partial charge on any atom is -0.294 e. The van der Waals surface area contributed by atoms with Crippen molar-refractivity contribution in [2.45, 2.75) is 17.1 Å². The molecule has 66 valence electrons. The van der Waals surface area contributed by atoms with E-state index in [1.807, 2.05) is 0 Å². The zero-order valence-electron chi connectivity index (χ0n) is 6.19. The maximum atomic E-state index is 10.8. The van der Waals surface area contributed by atoms with E-state index >= 15 is 0 Å². The van der Waals surface area contributed by atoms with Crippen molar-refractivity contribution in [3.63, 3.8) is 0 Å². The van der Waals surface area contributed by atoms with Crippen molar-refractivity contribution in [2.24, 2.45) is 0 Å². The van der Waals surface area contributed by atoms with Crippen molar-refractivity contribution in [1.29, 1.82) is 0 Å². The lowest BCUT2D eigenvalue weighted by atomic mass is 10.3. The number of halogens is 1. The van der Waals surface area contributed by atoms with Gasteiger partial charge in [0.05, 0.1) is 4.91 Å². The zero-order chi connectivity index (χ0) is 9.30. The van der Waals surface area contributed by atoms with E-state index in [1.54, 1.807) is 6.08 Å². The average molecular weight is 252 g/mol. The Balaban J connectivity index is 2.73. The highest BCUT2D eigenvalue weighted by molar-refractivity contribution is 9.09. The summed E-state index contributed by atoms with van der Waals surface area (Å²) in [6.07, 6.45) is 1.58.